The molecule has 1 saturated heterocycles. The molecule has 1 aliphatic rings. The van der Waals surface area contributed by atoms with Crippen molar-refractivity contribution in [2.75, 3.05) is 20.1 Å². The second kappa shape index (κ2) is 3.64. The highest BCUT2D eigenvalue weighted by Gasteiger charge is 2.19. The molecule has 1 fully saturated rings. The number of nitrogens with one attached hydrogen (secondary N) is 1. The van der Waals surface area contributed by atoms with Gasteiger partial charge in [0.2, 0.25) is 0 Å². The average Bonchev–Trinajstić information content (AvgIpc) is 2.53. The Kier molecular flexibility index (Phi) is 2.51. The number of H-pyrrole nitrogens is 1. The molecular weight excluding hydrogens is 184 g/mol. The zero-order valence-corrected chi connectivity index (χ0v) is 8.56. The summed E-state index contributed by atoms with van der Waals surface area (Å²) in [5.41, 5.74) is 1.14. The third kappa shape index (κ3) is 2.00. The van der Waals surface area contributed by atoms with E-state index in [2.05, 4.69) is 16.9 Å². The van der Waals surface area contributed by atoms with Crippen LogP contribution >= 0.6 is 11.3 Å². The topological polar surface area (TPSA) is 36.1 Å². The lowest BCUT2D eigenvalue weighted by molar-refractivity contribution is 0.253. The Labute approximate surface area is 81.4 Å². The predicted octanol–water partition coefficient (Wildman–Crippen LogP) is 1.25. The average molecular weight is 198 g/mol. The summed E-state index contributed by atoms with van der Waals surface area (Å²) >= 11 is 1.27. The molecule has 0 aromatic carbocycles. The van der Waals surface area contributed by atoms with Gasteiger partial charge in [0, 0.05) is 17.0 Å². The van der Waals surface area contributed by atoms with E-state index in [-0.39, 0.29) is 4.87 Å². The molecule has 3 nitrogen and oxygen atoms in total. The second-order valence-corrected chi connectivity index (χ2v) is 4.52. The van der Waals surface area contributed by atoms with E-state index in [4.69, 9.17) is 0 Å². The number of aromatic amines is 1. The number of nitrogens with zero attached hydrogens (tertiary/aromatic N) is 1. The molecule has 1 aromatic rings. The fraction of sp³-hybridized carbons (Fsp3) is 0.667. The maximum absolute atomic E-state index is 10.9. The van der Waals surface area contributed by atoms with Gasteiger partial charge in [-0.1, -0.05) is 11.3 Å². The number of rotatable bonds is 1. The van der Waals surface area contributed by atoms with E-state index in [1.54, 1.807) is 0 Å². The molecule has 0 radical (unpaired) electrons. The van der Waals surface area contributed by atoms with Crippen LogP contribution in [0.4, 0.5) is 0 Å². The number of hydrogen-bond acceptors (Lipinski definition) is 3. The first-order chi connectivity index (χ1) is 6.25. The van der Waals surface area contributed by atoms with Crippen molar-refractivity contribution in [1.82, 2.24) is 9.88 Å². The summed E-state index contributed by atoms with van der Waals surface area (Å²) in [6, 6.07) is 0. The summed E-state index contributed by atoms with van der Waals surface area (Å²) in [6.45, 7) is 2.28. The molecule has 72 valence electrons. The molecule has 1 aliphatic heterocycles. The Morgan fingerprint density at radius 1 is 1.54 bits per heavy atom. The molecule has 1 N–H and O–H groups in total. The van der Waals surface area contributed by atoms with Crippen LogP contribution in [0.1, 0.15) is 24.5 Å². The molecule has 0 saturated carbocycles. The van der Waals surface area contributed by atoms with Crippen LogP contribution in [0.15, 0.2) is 10.2 Å². The molecule has 0 atom stereocenters. The van der Waals surface area contributed by atoms with Gasteiger partial charge < -0.3 is 9.88 Å². The van der Waals surface area contributed by atoms with Crippen molar-refractivity contribution in [3.8, 4) is 0 Å². The number of likely N-dealkylation sites (tertiary alicyclic amines) is 1. The number of thiazole rings is 1. The molecule has 0 bridgehead atoms. The van der Waals surface area contributed by atoms with Crippen molar-refractivity contribution in [3.63, 3.8) is 0 Å². The first-order valence-electron chi connectivity index (χ1n) is 4.62. The summed E-state index contributed by atoms with van der Waals surface area (Å²) in [6.07, 6.45) is 2.34. The molecule has 0 amide bonds. The molecule has 0 spiro atoms. The van der Waals surface area contributed by atoms with Gasteiger partial charge in [0.1, 0.15) is 0 Å². The van der Waals surface area contributed by atoms with E-state index in [1.165, 1.54) is 24.2 Å². The minimum absolute atomic E-state index is 0.0777. The number of hydrogen-bond donors (Lipinski definition) is 1. The lowest BCUT2D eigenvalue weighted by atomic mass is 9.95. The van der Waals surface area contributed by atoms with Gasteiger partial charge >= 0.3 is 4.87 Å². The van der Waals surface area contributed by atoms with Crippen LogP contribution in [0.25, 0.3) is 0 Å². The summed E-state index contributed by atoms with van der Waals surface area (Å²) in [5.74, 6) is 0.579. The summed E-state index contributed by atoms with van der Waals surface area (Å²) in [4.78, 5) is 16.3. The van der Waals surface area contributed by atoms with Crippen LogP contribution in [0.5, 0.6) is 0 Å². The molecule has 0 unspecified atom stereocenters. The van der Waals surface area contributed by atoms with E-state index < -0.39 is 0 Å². The normalized spacial score (nSPS) is 20.7. The molecule has 0 aliphatic carbocycles. The van der Waals surface area contributed by atoms with Crippen LogP contribution in [-0.2, 0) is 0 Å². The Morgan fingerprint density at radius 3 is 2.77 bits per heavy atom. The Balaban J connectivity index is 2.06. The Hall–Kier alpha value is -0.610. The highest BCUT2D eigenvalue weighted by molar-refractivity contribution is 7.07. The molecular formula is C9H14N2OS. The van der Waals surface area contributed by atoms with Gasteiger partial charge in [-0.05, 0) is 33.0 Å². The van der Waals surface area contributed by atoms with Crippen LogP contribution < -0.4 is 4.87 Å². The van der Waals surface area contributed by atoms with Crippen molar-refractivity contribution >= 4 is 11.3 Å². The van der Waals surface area contributed by atoms with Crippen molar-refractivity contribution in [2.45, 2.75) is 18.8 Å². The molecule has 4 heteroatoms. The smallest absolute Gasteiger partial charge is 0.304 e. The standard InChI is InChI=1S/C9H14N2OS/c1-11-4-2-7(3-5-11)8-6-13-9(12)10-8/h6-7H,2-5H2,1H3,(H,10,12). The quantitative estimate of drug-likeness (QED) is 0.737. The summed E-state index contributed by atoms with van der Waals surface area (Å²) in [7, 11) is 2.15. The Bertz CT molecular complexity index is 322. The van der Waals surface area contributed by atoms with Gasteiger partial charge in [0.25, 0.3) is 0 Å². The first kappa shape index (κ1) is 8.97. The number of piperidine rings is 1. The maximum atomic E-state index is 10.9. The maximum Gasteiger partial charge on any atom is 0.304 e. The minimum atomic E-state index is 0.0777. The molecule has 2 heterocycles. The second-order valence-electron chi connectivity index (χ2n) is 3.68. The largest absolute Gasteiger partial charge is 0.316 e. The van der Waals surface area contributed by atoms with E-state index >= 15 is 0 Å². The lowest BCUT2D eigenvalue weighted by Crippen LogP contribution is -2.29. The molecule has 1 aromatic heterocycles. The van der Waals surface area contributed by atoms with Crippen LogP contribution in [0.3, 0.4) is 0 Å². The summed E-state index contributed by atoms with van der Waals surface area (Å²) in [5, 5.41) is 1.97. The van der Waals surface area contributed by atoms with Crippen molar-refractivity contribution < 1.29 is 0 Å². The molecule has 13 heavy (non-hydrogen) atoms. The number of aromatic nitrogens is 1. The fourth-order valence-electron chi connectivity index (χ4n) is 1.81. The highest BCUT2D eigenvalue weighted by Crippen LogP contribution is 2.25. The van der Waals surface area contributed by atoms with Gasteiger partial charge in [-0.2, -0.15) is 0 Å². The van der Waals surface area contributed by atoms with Crippen LogP contribution in [0, 0.1) is 0 Å². The fourth-order valence-corrected chi connectivity index (χ4v) is 2.47. The van der Waals surface area contributed by atoms with Crippen LogP contribution in [-0.4, -0.2) is 30.0 Å². The van der Waals surface area contributed by atoms with Gasteiger partial charge in [-0.15, -0.1) is 0 Å². The third-order valence-corrected chi connectivity index (χ3v) is 3.39. The zero-order chi connectivity index (χ0) is 9.26. The zero-order valence-electron chi connectivity index (χ0n) is 7.75. The van der Waals surface area contributed by atoms with Crippen LogP contribution in [0.2, 0.25) is 0 Å². The van der Waals surface area contributed by atoms with E-state index in [9.17, 15) is 4.79 Å². The first-order valence-corrected chi connectivity index (χ1v) is 5.50. The van der Waals surface area contributed by atoms with Gasteiger partial charge in [-0.25, -0.2) is 0 Å². The van der Waals surface area contributed by atoms with Gasteiger partial charge in [0.15, 0.2) is 0 Å². The SMILES string of the molecule is CN1CCC(c2csc(=O)[nH]2)CC1. The van der Waals surface area contributed by atoms with Crippen molar-refractivity contribution in [2.24, 2.45) is 0 Å². The molecule has 2 rings (SSSR count). The van der Waals surface area contributed by atoms with E-state index in [0.29, 0.717) is 5.92 Å². The Morgan fingerprint density at radius 2 is 2.23 bits per heavy atom. The van der Waals surface area contributed by atoms with Gasteiger partial charge in [-0.3, -0.25) is 4.79 Å². The predicted molar refractivity (Wildman–Crippen MR) is 54.4 cm³/mol. The van der Waals surface area contributed by atoms with Crippen molar-refractivity contribution in [1.29, 1.82) is 0 Å². The van der Waals surface area contributed by atoms with E-state index in [0.717, 1.165) is 18.8 Å². The minimum Gasteiger partial charge on any atom is -0.316 e. The third-order valence-electron chi connectivity index (χ3n) is 2.70. The van der Waals surface area contributed by atoms with E-state index in [1.807, 2.05) is 5.38 Å². The monoisotopic (exact) mass is 198 g/mol. The lowest BCUT2D eigenvalue weighted by Gasteiger charge is -2.27. The van der Waals surface area contributed by atoms with Crippen molar-refractivity contribution in [3.05, 3.63) is 20.7 Å². The van der Waals surface area contributed by atoms with Gasteiger partial charge in [0.05, 0.1) is 0 Å². The highest BCUT2D eigenvalue weighted by atomic mass is 32.1. The summed E-state index contributed by atoms with van der Waals surface area (Å²) < 4.78 is 0.